The number of esters is 1. The van der Waals surface area contributed by atoms with Crippen molar-refractivity contribution in [2.24, 2.45) is 0 Å². The highest BCUT2D eigenvalue weighted by atomic mass is 16.6. The smallest absolute Gasteiger partial charge is 0.377 e. The van der Waals surface area contributed by atoms with Gasteiger partial charge in [0.15, 0.2) is 6.10 Å². The number of aliphatic hydroxyl groups excluding tert-OH is 1. The fourth-order valence-corrected chi connectivity index (χ4v) is 2.16. The minimum absolute atomic E-state index is 0.448. The summed E-state index contributed by atoms with van der Waals surface area (Å²) >= 11 is 0. The quantitative estimate of drug-likeness (QED) is 0.633. The second kappa shape index (κ2) is 5.95. The van der Waals surface area contributed by atoms with E-state index in [1.54, 1.807) is 0 Å². The number of hydrogen-bond acceptors (Lipinski definition) is 5. The molecule has 0 amide bonds. The number of aryl methyl sites for hydroxylation is 1. The maximum atomic E-state index is 11.4. The van der Waals surface area contributed by atoms with Gasteiger partial charge >= 0.3 is 5.97 Å². The third-order valence-corrected chi connectivity index (χ3v) is 3.22. The Morgan fingerprint density at radius 2 is 1.95 bits per heavy atom. The molecule has 102 valence electrons. The molecule has 19 heavy (non-hydrogen) atoms. The Balaban J connectivity index is 2.00. The molecule has 1 aliphatic heterocycles. The van der Waals surface area contributed by atoms with Crippen molar-refractivity contribution < 1.29 is 24.2 Å². The van der Waals surface area contributed by atoms with Crippen molar-refractivity contribution in [3.05, 3.63) is 35.9 Å². The third kappa shape index (κ3) is 3.00. The fraction of sp³-hybridized carbons (Fsp3) is 0.429. The second-order valence-corrected chi connectivity index (χ2v) is 4.48. The number of ether oxygens (including phenoxy) is 2. The van der Waals surface area contributed by atoms with Crippen molar-refractivity contribution in [1.82, 2.24) is 0 Å². The Hall–Kier alpha value is -1.72. The highest BCUT2D eigenvalue weighted by Gasteiger charge is 2.44. The molecule has 1 heterocycles. The van der Waals surface area contributed by atoms with Crippen LogP contribution in [-0.4, -0.2) is 42.3 Å². The Bertz CT molecular complexity index is 456. The van der Waals surface area contributed by atoms with Gasteiger partial charge in [0, 0.05) is 7.11 Å². The number of hydrogen-bond donors (Lipinski definition) is 1. The molecule has 5 nitrogen and oxygen atoms in total. The highest BCUT2D eigenvalue weighted by Crippen LogP contribution is 2.20. The number of cyclic esters (lactones) is 1. The summed E-state index contributed by atoms with van der Waals surface area (Å²) in [5.41, 5.74) is 1.08. The Kier molecular flexibility index (Phi) is 4.29. The van der Waals surface area contributed by atoms with Gasteiger partial charge in [-0.1, -0.05) is 30.3 Å². The van der Waals surface area contributed by atoms with Crippen molar-refractivity contribution >= 4 is 11.8 Å². The molecule has 0 bridgehead atoms. The lowest BCUT2D eigenvalue weighted by Crippen LogP contribution is -2.54. The maximum absolute atomic E-state index is 11.4. The van der Waals surface area contributed by atoms with Crippen molar-refractivity contribution in [1.29, 1.82) is 0 Å². The summed E-state index contributed by atoms with van der Waals surface area (Å²) in [6.07, 6.45) is -1.85. The van der Waals surface area contributed by atoms with E-state index in [0.29, 0.717) is 12.8 Å². The van der Waals surface area contributed by atoms with E-state index in [2.05, 4.69) is 0 Å². The van der Waals surface area contributed by atoms with Crippen LogP contribution in [0.25, 0.3) is 0 Å². The summed E-state index contributed by atoms with van der Waals surface area (Å²) in [7, 11) is 1.29. The van der Waals surface area contributed by atoms with E-state index in [1.165, 1.54) is 7.11 Å². The summed E-state index contributed by atoms with van der Waals surface area (Å²) in [5, 5.41) is 9.97. The molecule has 0 radical (unpaired) electrons. The number of ketones is 1. The molecule has 3 atom stereocenters. The summed E-state index contributed by atoms with van der Waals surface area (Å²) in [6, 6.07) is 9.66. The first kappa shape index (κ1) is 13.7. The van der Waals surface area contributed by atoms with Gasteiger partial charge in [-0.2, -0.15) is 0 Å². The largest absolute Gasteiger partial charge is 0.454 e. The summed E-state index contributed by atoms with van der Waals surface area (Å²) in [4.78, 5) is 22.8. The average Bonchev–Trinajstić information content (AvgIpc) is 2.43. The Morgan fingerprint density at radius 1 is 1.26 bits per heavy atom. The monoisotopic (exact) mass is 264 g/mol. The van der Waals surface area contributed by atoms with Crippen LogP contribution in [0.2, 0.25) is 0 Å². The lowest BCUT2D eigenvalue weighted by molar-refractivity contribution is -0.186. The molecule has 3 unspecified atom stereocenters. The predicted molar refractivity (Wildman–Crippen MR) is 66.5 cm³/mol. The van der Waals surface area contributed by atoms with E-state index in [0.717, 1.165) is 5.56 Å². The van der Waals surface area contributed by atoms with Crippen LogP contribution in [0, 0.1) is 0 Å². The van der Waals surface area contributed by atoms with E-state index < -0.39 is 30.1 Å². The van der Waals surface area contributed by atoms with Gasteiger partial charge in [0.05, 0.1) is 0 Å². The molecule has 1 aromatic rings. The van der Waals surface area contributed by atoms with Gasteiger partial charge < -0.3 is 14.6 Å². The Labute approximate surface area is 111 Å². The van der Waals surface area contributed by atoms with Gasteiger partial charge in [0.25, 0.3) is 5.78 Å². The van der Waals surface area contributed by atoms with Crippen molar-refractivity contribution in [2.45, 2.75) is 31.2 Å². The summed E-state index contributed by atoms with van der Waals surface area (Å²) in [5.74, 6) is -1.76. The van der Waals surface area contributed by atoms with Gasteiger partial charge in [0.1, 0.15) is 12.2 Å². The molecule has 5 heteroatoms. The number of methoxy groups -OCH3 is 1. The molecular formula is C14H16O5. The molecule has 1 aromatic carbocycles. The van der Waals surface area contributed by atoms with E-state index in [4.69, 9.17) is 9.47 Å². The molecule has 1 N–H and O–H groups in total. The SMILES string of the molecule is COC1C(=O)C(=O)OC(CCc2ccccc2)C1O. The third-order valence-electron chi connectivity index (χ3n) is 3.22. The van der Waals surface area contributed by atoms with Gasteiger partial charge in [-0.15, -0.1) is 0 Å². The lowest BCUT2D eigenvalue weighted by atomic mass is 9.95. The van der Waals surface area contributed by atoms with Crippen LogP contribution in [-0.2, 0) is 25.5 Å². The number of carbonyl (C=O) groups is 2. The zero-order valence-electron chi connectivity index (χ0n) is 10.6. The van der Waals surface area contributed by atoms with Crippen molar-refractivity contribution in [3.63, 3.8) is 0 Å². The molecule has 0 aromatic heterocycles. The van der Waals surface area contributed by atoms with E-state index in [1.807, 2.05) is 30.3 Å². The van der Waals surface area contributed by atoms with Crippen LogP contribution in [0.1, 0.15) is 12.0 Å². The normalized spacial score (nSPS) is 27.2. The average molecular weight is 264 g/mol. The number of rotatable bonds is 4. The number of Topliss-reactive ketones (excluding diaryl/α,β-unsaturated/α-hetero) is 1. The van der Waals surface area contributed by atoms with Gasteiger partial charge in [0.2, 0.25) is 0 Å². The van der Waals surface area contributed by atoms with Crippen LogP contribution in [0.4, 0.5) is 0 Å². The van der Waals surface area contributed by atoms with Gasteiger partial charge in [-0.3, -0.25) is 4.79 Å². The van der Waals surface area contributed by atoms with Crippen molar-refractivity contribution in [3.8, 4) is 0 Å². The molecule has 1 fully saturated rings. The van der Waals surface area contributed by atoms with Gasteiger partial charge in [-0.05, 0) is 18.4 Å². The minimum atomic E-state index is -1.12. The first-order chi connectivity index (χ1) is 9.13. The fourth-order valence-electron chi connectivity index (χ4n) is 2.16. The molecule has 0 aliphatic carbocycles. The molecule has 1 aliphatic rings. The van der Waals surface area contributed by atoms with Crippen LogP contribution in [0.5, 0.6) is 0 Å². The Morgan fingerprint density at radius 3 is 2.58 bits per heavy atom. The number of aliphatic hydroxyl groups is 1. The van der Waals surface area contributed by atoms with Crippen LogP contribution in [0.15, 0.2) is 30.3 Å². The topological polar surface area (TPSA) is 72.8 Å². The zero-order chi connectivity index (χ0) is 13.8. The number of benzene rings is 1. The minimum Gasteiger partial charge on any atom is -0.454 e. The van der Waals surface area contributed by atoms with Crippen molar-refractivity contribution in [2.75, 3.05) is 7.11 Å². The van der Waals surface area contributed by atoms with Crippen LogP contribution in [0.3, 0.4) is 0 Å². The van der Waals surface area contributed by atoms with E-state index in [-0.39, 0.29) is 0 Å². The molecule has 1 saturated heterocycles. The van der Waals surface area contributed by atoms with Crippen LogP contribution < -0.4 is 0 Å². The van der Waals surface area contributed by atoms with Crippen LogP contribution >= 0.6 is 0 Å². The molecule has 2 rings (SSSR count). The van der Waals surface area contributed by atoms with E-state index in [9.17, 15) is 14.7 Å². The molecular weight excluding hydrogens is 248 g/mol. The zero-order valence-corrected chi connectivity index (χ0v) is 10.6. The molecule has 0 saturated carbocycles. The lowest BCUT2D eigenvalue weighted by Gasteiger charge is -2.32. The molecule has 0 spiro atoms. The summed E-state index contributed by atoms with van der Waals surface area (Å²) < 4.78 is 9.81. The van der Waals surface area contributed by atoms with Gasteiger partial charge in [-0.25, -0.2) is 4.79 Å². The first-order valence-corrected chi connectivity index (χ1v) is 6.13. The summed E-state index contributed by atoms with van der Waals surface area (Å²) in [6.45, 7) is 0. The number of carbonyl (C=O) groups excluding carboxylic acids is 2. The first-order valence-electron chi connectivity index (χ1n) is 6.13. The predicted octanol–water partition coefficient (Wildman–Crippen LogP) is 0.490. The van der Waals surface area contributed by atoms with E-state index >= 15 is 0 Å². The standard InChI is InChI=1S/C14H16O5/c1-18-13-11(15)10(19-14(17)12(13)16)8-7-9-5-3-2-4-6-9/h2-6,10-11,13,15H,7-8H2,1H3. The highest BCUT2D eigenvalue weighted by molar-refractivity contribution is 6.36. The maximum Gasteiger partial charge on any atom is 0.377 e. The second-order valence-electron chi connectivity index (χ2n) is 4.48.